The monoisotopic (exact) mass is 404 g/mol. The SMILES string of the molecule is CC.CC(=O)CCCC(=O)O.CCC(=O)CCCC(=O)O.O=C1CCC(=O)O1. The number of ketones is 2. The molecule has 1 heterocycles. The summed E-state index contributed by atoms with van der Waals surface area (Å²) in [5, 5.41) is 16.3. The lowest BCUT2D eigenvalue weighted by atomic mass is 10.1. The van der Waals surface area contributed by atoms with E-state index in [1.807, 2.05) is 13.8 Å². The van der Waals surface area contributed by atoms with Crippen molar-refractivity contribution < 1.29 is 43.7 Å². The van der Waals surface area contributed by atoms with Crippen LogP contribution in [0.3, 0.4) is 0 Å². The number of cyclic esters (lactones) is 2. The van der Waals surface area contributed by atoms with Gasteiger partial charge in [0.25, 0.3) is 0 Å². The van der Waals surface area contributed by atoms with Gasteiger partial charge in [0.05, 0.1) is 12.8 Å². The summed E-state index contributed by atoms with van der Waals surface area (Å²) in [4.78, 5) is 60.7. The number of esters is 2. The number of carboxylic acids is 2. The molecule has 0 amide bonds. The quantitative estimate of drug-likeness (QED) is 0.436. The number of ether oxygens (including phenoxy) is 1. The van der Waals surface area contributed by atoms with Crippen LogP contribution in [-0.4, -0.2) is 45.7 Å². The summed E-state index contributed by atoms with van der Waals surface area (Å²) in [5.74, 6) is -2.27. The predicted octanol–water partition coefficient (Wildman–Crippen LogP) is 2.93. The van der Waals surface area contributed by atoms with Crippen molar-refractivity contribution in [3.63, 3.8) is 0 Å². The lowest BCUT2D eigenvalue weighted by Gasteiger charge is -1.93. The van der Waals surface area contributed by atoms with Gasteiger partial charge in [0.1, 0.15) is 11.6 Å². The van der Waals surface area contributed by atoms with E-state index in [9.17, 15) is 28.8 Å². The first kappa shape index (κ1) is 30.2. The second-order valence-corrected chi connectivity index (χ2v) is 5.43. The molecular weight excluding hydrogens is 372 g/mol. The van der Waals surface area contributed by atoms with Gasteiger partial charge in [0, 0.05) is 32.1 Å². The number of carbonyl (C=O) groups excluding carboxylic acids is 4. The summed E-state index contributed by atoms with van der Waals surface area (Å²) >= 11 is 0. The van der Waals surface area contributed by atoms with Crippen LogP contribution in [0.25, 0.3) is 0 Å². The molecule has 9 nitrogen and oxygen atoms in total. The smallest absolute Gasteiger partial charge is 0.314 e. The second-order valence-electron chi connectivity index (χ2n) is 5.43. The summed E-state index contributed by atoms with van der Waals surface area (Å²) in [6.07, 6.45) is 2.96. The van der Waals surface area contributed by atoms with E-state index in [0.29, 0.717) is 32.1 Å². The fourth-order valence-corrected chi connectivity index (χ4v) is 1.54. The maximum absolute atomic E-state index is 10.6. The minimum absolute atomic E-state index is 0.0521. The van der Waals surface area contributed by atoms with Crippen molar-refractivity contribution in [2.75, 3.05) is 0 Å². The Morgan fingerprint density at radius 1 is 0.821 bits per heavy atom. The Balaban J connectivity index is -0.000000323. The minimum atomic E-state index is -0.837. The fraction of sp³-hybridized carbons (Fsp3) is 0.684. The van der Waals surface area contributed by atoms with Gasteiger partial charge in [0.15, 0.2) is 0 Å². The number of hydrogen-bond acceptors (Lipinski definition) is 7. The van der Waals surface area contributed by atoms with Gasteiger partial charge in [-0.05, 0) is 19.8 Å². The highest BCUT2D eigenvalue weighted by molar-refractivity contribution is 5.92. The van der Waals surface area contributed by atoms with Gasteiger partial charge >= 0.3 is 23.9 Å². The van der Waals surface area contributed by atoms with Crippen molar-refractivity contribution in [1.29, 1.82) is 0 Å². The Bertz CT molecular complexity index is 482. The summed E-state index contributed by atoms with van der Waals surface area (Å²) < 4.78 is 4.08. The Labute approximate surface area is 165 Å². The number of hydrogen-bond donors (Lipinski definition) is 2. The third-order valence-electron chi connectivity index (χ3n) is 2.92. The molecule has 162 valence electrons. The number of carboxylic acid groups (broad SMARTS) is 2. The topological polar surface area (TPSA) is 152 Å². The average Bonchev–Trinajstić information content (AvgIpc) is 2.99. The molecule has 0 spiro atoms. The van der Waals surface area contributed by atoms with Crippen molar-refractivity contribution >= 4 is 35.4 Å². The molecule has 9 heteroatoms. The molecule has 1 saturated heterocycles. The van der Waals surface area contributed by atoms with Crippen molar-refractivity contribution in [3.8, 4) is 0 Å². The summed E-state index contributed by atoms with van der Waals surface area (Å²) in [7, 11) is 0. The number of aliphatic carboxylic acids is 2. The number of Topliss-reactive ketones (excluding diaryl/α,β-unsaturated/α-hetero) is 2. The van der Waals surface area contributed by atoms with Crippen LogP contribution in [0.4, 0.5) is 0 Å². The molecular formula is C19H32O9. The average molecular weight is 404 g/mol. The van der Waals surface area contributed by atoms with Gasteiger partial charge in [-0.25, -0.2) is 0 Å². The Hall–Kier alpha value is -2.58. The van der Waals surface area contributed by atoms with E-state index in [0.717, 1.165) is 0 Å². The van der Waals surface area contributed by atoms with Crippen molar-refractivity contribution in [1.82, 2.24) is 0 Å². The molecule has 0 aliphatic carbocycles. The van der Waals surface area contributed by atoms with Gasteiger partial charge in [-0.2, -0.15) is 0 Å². The molecule has 1 aliphatic heterocycles. The summed E-state index contributed by atoms with van der Waals surface area (Å²) in [6.45, 7) is 7.24. The molecule has 0 aromatic carbocycles. The van der Waals surface area contributed by atoms with E-state index in [4.69, 9.17) is 10.2 Å². The number of carbonyl (C=O) groups is 6. The highest BCUT2D eigenvalue weighted by Gasteiger charge is 2.19. The van der Waals surface area contributed by atoms with E-state index in [1.165, 1.54) is 6.92 Å². The molecule has 1 fully saturated rings. The molecule has 0 aromatic heterocycles. The number of rotatable bonds is 9. The van der Waals surface area contributed by atoms with E-state index in [1.54, 1.807) is 6.92 Å². The summed E-state index contributed by atoms with van der Waals surface area (Å²) in [5.41, 5.74) is 0. The Morgan fingerprint density at radius 3 is 1.46 bits per heavy atom. The maximum Gasteiger partial charge on any atom is 0.314 e. The van der Waals surface area contributed by atoms with E-state index in [-0.39, 0.29) is 37.2 Å². The van der Waals surface area contributed by atoms with Crippen molar-refractivity contribution in [2.45, 2.75) is 85.5 Å². The first-order valence-electron chi connectivity index (χ1n) is 9.26. The Morgan fingerprint density at radius 2 is 1.21 bits per heavy atom. The van der Waals surface area contributed by atoms with Gasteiger partial charge in [-0.1, -0.05) is 20.8 Å². The third kappa shape index (κ3) is 28.2. The van der Waals surface area contributed by atoms with Crippen LogP contribution in [0.15, 0.2) is 0 Å². The van der Waals surface area contributed by atoms with Gasteiger partial charge in [-0.15, -0.1) is 0 Å². The molecule has 0 aromatic rings. The molecule has 1 rings (SSSR count). The van der Waals surface area contributed by atoms with Gasteiger partial charge < -0.3 is 19.7 Å². The molecule has 0 atom stereocenters. The zero-order valence-electron chi connectivity index (χ0n) is 17.1. The highest BCUT2D eigenvalue weighted by atomic mass is 16.6. The maximum atomic E-state index is 10.6. The molecule has 0 radical (unpaired) electrons. The van der Waals surface area contributed by atoms with E-state index >= 15 is 0 Å². The lowest BCUT2D eigenvalue weighted by Crippen LogP contribution is -1.99. The normalized spacial score (nSPS) is 11.4. The molecule has 0 unspecified atom stereocenters. The zero-order chi connectivity index (χ0) is 22.5. The van der Waals surface area contributed by atoms with Gasteiger partial charge in [-0.3, -0.25) is 24.0 Å². The van der Waals surface area contributed by atoms with Crippen LogP contribution in [-0.2, 0) is 33.5 Å². The third-order valence-corrected chi connectivity index (χ3v) is 2.92. The first-order valence-corrected chi connectivity index (χ1v) is 9.26. The van der Waals surface area contributed by atoms with Crippen LogP contribution < -0.4 is 0 Å². The van der Waals surface area contributed by atoms with Crippen molar-refractivity contribution in [3.05, 3.63) is 0 Å². The van der Waals surface area contributed by atoms with Gasteiger partial charge in [0.2, 0.25) is 0 Å². The minimum Gasteiger partial charge on any atom is -0.481 e. The van der Waals surface area contributed by atoms with E-state index in [2.05, 4.69) is 4.74 Å². The van der Waals surface area contributed by atoms with Crippen LogP contribution in [0.1, 0.15) is 85.5 Å². The first-order chi connectivity index (χ1) is 13.1. The lowest BCUT2D eigenvalue weighted by molar-refractivity contribution is -0.152. The molecule has 1 aliphatic rings. The second kappa shape index (κ2) is 20.7. The Kier molecular flexibility index (Phi) is 22.3. The predicted molar refractivity (Wildman–Crippen MR) is 101 cm³/mol. The standard InChI is InChI=1S/C7H12O3.C6H10O3.C4H4O3.C2H6/c1-2-6(8)4-3-5-7(9)10;1-5(7)3-2-4-6(8)9;5-3-1-2-4(6)7-3;1-2/h2-5H2,1H3,(H,9,10);2-4H2,1H3,(H,8,9);1-2H2;1-2H3. The largest absolute Gasteiger partial charge is 0.481 e. The van der Waals surface area contributed by atoms with E-state index < -0.39 is 23.9 Å². The van der Waals surface area contributed by atoms with Crippen LogP contribution >= 0.6 is 0 Å². The molecule has 0 saturated carbocycles. The highest BCUT2D eigenvalue weighted by Crippen LogP contribution is 2.04. The summed E-state index contributed by atoms with van der Waals surface area (Å²) in [6, 6.07) is 0. The molecule has 28 heavy (non-hydrogen) atoms. The van der Waals surface area contributed by atoms with Crippen LogP contribution in [0, 0.1) is 0 Å². The fourth-order valence-electron chi connectivity index (χ4n) is 1.54. The zero-order valence-corrected chi connectivity index (χ0v) is 17.1. The van der Waals surface area contributed by atoms with Crippen LogP contribution in [0.5, 0.6) is 0 Å². The molecule has 0 bridgehead atoms. The van der Waals surface area contributed by atoms with Crippen molar-refractivity contribution in [2.24, 2.45) is 0 Å². The molecule has 2 N–H and O–H groups in total. The van der Waals surface area contributed by atoms with Crippen LogP contribution in [0.2, 0.25) is 0 Å².